The minimum Gasteiger partial charge on any atom is -0.385 e. The largest absolute Gasteiger partial charge is 0.385 e. The highest BCUT2D eigenvalue weighted by molar-refractivity contribution is 5.29. The molecule has 0 amide bonds. The SMILES string of the molecule is CCCCCC/C=C\[C@H](O)[C@@H](O)C#CC#C[C@@H](O)CC. The van der Waals surface area contributed by atoms with Crippen molar-refractivity contribution in [3.8, 4) is 23.7 Å². The second-order valence-corrected chi connectivity index (χ2v) is 4.68. The molecule has 0 aromatic carbocycles. The fourth-order valence-electron chi connectivity index (χ4n) is 1.45. The molecule has 0 fully saturated rings. The molecule has 3 nitrogen and oxygen atoms in total. The third-order valence-electron chi connectivity index (χ3n) is 2.79. The first-order chi connectivity index (χ1) is 9.61. The molecular weight excluding hydrogens is 252 g/mol. The first-order valence-corrected chi connectivity index (χ1v) is 7.33. The monoisotopic (exact) mass is 278 g/mol. The third-order valence-corrected chi connectivity index (χ3v) is 2.79. The highest BCUT2D eigenvalue weighted by atomic mass is 16.3. The summed E-state index contributed by atoms with van der Waals surface area (Å²) in [6.07, 6.45) is 6.78. The van der Waals surface area contributed by atoms with Gasteiger partial charge in [0, 0.05) is 0 Å². The Balaban J connectivity index is 4.02. The van der Waals surface area contributed by atoms with Gasteiger partial charge in [-0.15, -0.1) is 0 Å². The van der Waals surface area contributed by atoms with Crippen LogP contribution in [0.1, 0.15) is 52.4 Å². The van der Waals surface area contributed by atoms with E-state index in [1.165, 1.54) is 19.3 Å². The molecule has 0 aromatic rings. The Labute approximate surface area is 122 Å². The van der Waals surface area contributed by atoms with E-state index in [0.717, 1.165) is 12.8 Å². The van der Waals surface area contributed by atoms with Gasteiger partial charge in [0.15, 0.2) is 0 Å². The van der Waals surface area contributed by atoms with Crippen LogP contribution in [0.4, 0.5) is 0 Å². The van der Waals surface area contributed by atoms with Gasteiger partial charge in [0.05, 0.1) is 0 Å². The highest BCUT2D eigenvalue weighted by Gasteiger charge is 2.08. The first-order valence-electron chi connectivity index (χ1n) is 7.33. The lowest BCUT2D eigenvalue weighted by Crippen LogP contribution is -2.21. The van der Waals surface area contributed by atoms with Crippen molar-refractivity contribution < 1.29 is 15.3 Å². The maximum absolute atomic E-state index is 9.64. The zero-order chi connectivity index (χ0) is 15.2. The Hall–Kier alpha value is -1.26. The quantitative estimate of drug-likeness (QED) is 0.361. The van der Waals surface area contributed by atoms with Crippen LogP contribution in [0.2, 0.25) is 0 Å². The van der Waals surface area contributed by atoms with E-state index in [1.807, 2.05) is 13.0 Å². The number of rotatable bonds is 8. The van der Waals surface area contributed by atoms with E-state index in [1.54, 1.807) is 6.08 Å². The van der Waals surface area contributed by atoms with Crippen molar-refractivity contribution in [3.05, 3.63) is 12.2 Å². The molecule has 3 N–H and O–H groups in total. The van der Waals surface area contributed by atoms with E-state index >= 15 is 0 Å². The standard InChI is InChI=1S/C17H26O3/c1-3-5-6-7-8-9-13-16(19)17(20)14-11-10-12-15(18)4-2/h9,13,15-20H,3-8H2,1-2H3/b13-9-/t15-,16-,17-/m0/s1. The van der Waals surface area contributed by atoms with E-state index in [9.17, 15) is 15.3 Å². The summed E-state index contributed by atoms with van der Waals surface area (Å²) in [5.41, 5.74) is 0. The third kappa shape index (κ3) is 10.6. The van der Waals surface area contributed by atoms with Gasteiger partial charge in [0.2, 0.25) is 0 Å². The van der Waals surface area contributed by atoms with Crippen molar-refractivity contribution in [2.24, 2.45) is 0 Å². The predicted octanol–water partition coefficient (Wildman–Crippen LogP) is 2.01. The summed E-state index contributed by atoms with van der Waals surface area (Å²) >= 11 is 0. The van der Waals surface area contributed by atoms with Crippen molar-refractivity contribution >= 4 is 0 Å². The molecule has 0 aliphatic carbocycles. The van der Waals surface area contributed by atoms with E-state index < -0.39 is 18.3 Å². The zero-order valence-corrected chi connectivity index (χ0v) is 12.5. The van der Waals surface area contributed by atoms with Crippen LogP contribution in [0.25, 0.3) is 0 Å². The van der Waals surface area contributed by atoms with Crippen LogP contribution in [0.15, 0.2) is 12.2 Å². The Morgan fingerprint density at radius 2 is 1.65 bits per heavy atom. The predicted molar refractivity (Wildman–Crippen MR) is 81.8 cm³/mol. The molecule has 20 heavy (non-hydrogen) atoms. The molecule has 112 valence electrons. The molecule has 0 saturated heterocycles. The summed E-state index contributed by atoms with van der Waals surface area (Å²) in [7, 11) is 0. The molecule has 0 bridgehead atoms. The maximum Gasteiger partial charge on any atom is 0.145 e. The molecule has 0 radical (unpaired) electrons. The Bertz CT molecular complexity index is 379. The van der Waals surface area contributed by atoms with Gasteiger partial charge in [-0.3, -0.25) is 0 Å². The number of unbranched alkanes of at least 4 members (excludes halogenated alkanes) is 4. The fraction of sp³-hybridized carbons (Fsp3) is 0.647. The summed E-state index contributed by atoms with van der Waals surface area (Å²) in [6, 6.07) is 0. The van der Waals surface area contributed by atoms with Crippen LogP contribution in [-0.2, 0) is 0 Å². The average Bonchev–Trinajstić information content (AvgIpc) is 2.46. The molecule has 0 aliphatic heterocycles. The Kier molecular flexibility index (Phi) is 12.0. The van der Waals surface area contributed by atoms with Crippen LogP contribution >= 0.6 is 0 Å². The second-order valence-electron chi connectivity index (χ2n) is 4.68. The van der Waals surface area contributed by atoms with Crippen molar-refractivity contribution in [2.45, 2.75) is 70.7 Å². The topological polar surface area (TPSA) is 60.7 Å². The minimum atomic E-state index is -1.14. The summed E-state index contributed by atoms with van der Waals surface area (Å²) in [5.74, 6) is 9.85. The molecule has 0 heterocycles. The molecule has 0 aromatic heterocycles. The van der Waals surface area contributed by atoms with Gasteiger partial charge >= 0.3 is 0 Å². The lowest BCUT2D eigenvalue weighted by Gasteiger charge is -2.06. The van der Waals surface area contributed by atoms with Gasteiger partial charge in [-0.05, 0) is 31.1 Å². The lowest BCUT2D eigenvalue weighted by molar-refractivity contribution is 0.0868. The van der Waals surface area contributed by atoms with E-state index in [2.05, 4.69) is 30.6 Å². The van der Waals surface area contributed by atoms with Gasteiger partial charge in [0.25, 0.3) is 0 Å². The normalized spacial score (nSPS) is 14.8. The number of allylic oxidation sites excluding steroid dienone is 1. The van der Waals surface area contributed by atoms with Crippen LogP contribution in [0.3, 0.4) is 0 Å². The Morgan fingerprint density at radius 1 is 0.950 bits per heavy atom. The second kappa shape index (κ2) is 12.8. The van der Waals surface area contributed by atoms with Crippen molar-refractivity contribution in [1.29, 1.82) is 0 Å². The number of aliphatic hydroxyl groups is 3. The number of hydrogen-bond acceptors (Lipinski definition) is 3. The van der Waals surface area contributed by atoms with Crippen LogP contribution in [0.5, 0.6) is 0 Å². The van der Waals surface area contributed by atoms with Gasteiger partial charge in [-0.25, -0.2) is 0 Å². The number of aliphatic hydroxyl groups excluding tert-OH is 3. The number of hydrogen-bond donors (Lipinski definition) is 3. The minimum absolute atomic E-state index is 0.542. The molecule has 0 aliphatic rings. The molecule has 0 spiro atoms. The smallest absolute Gasteiger partial charge is 0.145 e. The molecule has 3 atom stereocenters. The lowest BCUT2D eigenvalue weighted by atomic mass is 10.1. The van der Waals surface area contributed by atoms with Gasteiger partial charge in [0.1, 0.15) is 18.3 Å². The van der Waals surface area contributed by atoms with Crippen molar-refractivity contribution in [3.63, 3.8) is 0 Å². The summed E-state index contributed by atoms with van der Waals surface area (Å²) in [4.78, 5) is 0. The van der Waals surface area contributed by atoms with Crippen LogP contribution in [-0.4, -0.2) is 33.6 Å². The highest BCUT2D eigenvalue weighted by Crippen LogP contribution is 2.04. The molecular formula is C17H26O3. The van der Waals surface area contributed by atoms with Crippen LogP contribution in [0, 0.1) is 23.7 Å². The molecule has 3 heteroatoms. The van der Waals surface area contributed by atoms with E-state index in [0.29, 0.717) is 6.42 Å². The molecule has 0 rings (SSSR count). The summed E-state index contributed by atoms with van der Waals surface area (Å²) < 4.78 is 0. The average molecular weight is 278 g/mol. The van der Waals surface area contributed by atoms with E-state index in [-0.39, 0.29) is 0 Å². The van der Waals surface area contributed by atoms with Gasteiger partial charge in [-0.2, -0.15) is 0 Å². The maximum atomic E-state index is 9.64. The van der Waals surface area contributed by atoms with E-state index in [4.69, 9.17) is 0 Å². The Morgan fingerprint density at radius 3 is 2.30 bits per heavy atom. The summed E-state index contributed by atoms with van der Waals surface area (Å²) in [6.45, 7) is 3.98. The first kappa shape index (κ1) is 18.7. The summed E-state index contributed by atoms with van der Waals surface area (Å²) in [5, 5.41) is 28.4. The van der Waals surface area contributed by atoms with Crippen molar-refractivity contribution in [2.75, 3.05) is 0 Å². The van der Waals surface area contributed by atoms with Crippen molar-refractivity contribution in [1.82, 2.24) is 0 Å². The van der Waals surface area contributed by atoms with Gasteiger partial charge < -0.3 is 15.3 Å². The zero-order valence-electron chi connectivity index (χ0n) is 12.5. The molecule has 0 saturated carbocycles. The van der Waals surface area contributed by atoms with Gasteiger partial charge in [-0.1, -0.05) is 57.1 Å². The fourth-order valence-corrected chi connectivity index (χ4v) is 1.45. The van der Waals surface area contributed by atoms with Crippen LogP contribution < -0.4 is 0 Å². The molecule has 0 unspecified atom stereocenters.